The molecule has 0 unspecified atom stereocenters. The van der Waals surface area contributed by atoms with Crippen LogP contribution in [0.1, 0.15) is 4.88 Å². The Balaban J connectivity index is 2.06. The molecule has 0 spiro atoms. The van der Waals surface area contributed by atoms with Gasteiger partial charge in [-0.05, 0) is 0 Å². The van der Waals surface area contributed by atoms with Crippen molar-refractivity contribution in [1.82, 2.24) is 9.88 Å². The molecule has 0 saturated carbocycles. The number of aromatic nitrogens is 1. The second kappa shape index (κ2) is 7.19. The molecule has 19 heavy (non-hydrogen) atoms. The van der Waals surface area contributed by atoms with Gasteiger partial charge in [0.1, 0.15) is 5.01 Å². The fraction of sp³-hybridized carbons (Fsp3) is 0.267. The lowest BCUT2D eigenvalue weighted by Crippen LogP contribution is -2.26. The molecule has 0 amide bonds. The molecule has 0 aliphatic rings. The zero-order chi connectivity index (χ0) is 13.5. The molecule has 100 valence electrons. The fourth-order valence-electron chi connectivity index (χ4n) is 1.87. The molecular formula is C15H18N2OS. The maximum Gasteiger partial charge on any atom is 0.123 e. The Morgan fingerprint density at radius 2 is 2.11 bits per heavy atom. The molecule has 0 aliphatic carbocycles. The van der Waals surface area contributed by atoms with Crippen molar-refractivity contribution in [3.63, 3.8) is 0 Å². The normalized spacial score (nSPS) is 10.8. The van der Waals surface area contributed by atoms with Crippen molar-refractivity contribution >= 4 is 11.3 Å². The quantitative estimate of drug-likeness (QED) is 0.789. The molecule has 1 N–H and O–H groups in total. The topological polar surface area (TPSA) is 36.4 Å². The van der Waals surface area contributed by atoms with E-state index in [1.165, 1.54) is 4.88 Å². The smallest absolute Gasteiger partial charge is 0.123 e. The maximum absolute atomic E-state index is 9.04. The first kappa shape index (κ1) is 13.9. The molecule has 3 nitrogen and oxygen atoms in total. The van der Waals surface area contributed by atoms with Crippen molar-refractivity contribution in [3.8, 4) is 10.6 Å². The Hall–Kier alpha value is -1.49. The van der Waals surface area contributed by atoms with Gasteiger partial charge in [0.25, 0.3) is 0 Å². The van der Waals surface area contributed by atoms with Crippen LogP contribution in [0, 0.1) is 0 Å². The van der Waals surface area contributed by atoms with Gasteiger partial charge in [-0.3, -0.25) is 4.90 Å². The second-order valence-corrected chi connectivity index (χ2v) is 5.36. The molecule has 4 heteroatoms. The summed E-state index contributed by atoms with van der Waals surface area (Å²) >= 11 is 1.70. The zero-order valence-corrected chi connectivity index (χ0v) is 11.6. The third kappa shape index (κ3) is 3.99. The monoisotopic (exact) mass is 274 g/mol. The molecule has 0 atom stereocenters. The van der Waals surface area contributed by atoms with Crippen LogP contribution in [-0.2, 0) is 6.54 Å². The van der Waals surface area contributed by atoms with Gasteiger partial charge >= 0.3 is 0 Å². The van der Waals surface area contributed by atoms with E-state index in [1.807, 2.05) is 30.5 Å². The van der Waals surface area contributed by atoms with Crippen LogP contribution < -0.4 is 0 Å². The number of nitrogens with zero attached hydrogens (tertiary/aromatic N) is 2. The van der Waals surface area contributed by atoms with E-state index < -0.39 is 0 Å². The standard InChI is InChI=1S/C15H18N2OS/c1-2-8-17(9-10-18)12-14-11-16-15(19-14)13-6-4-3-5-7-13/h2-7,11,18H,1,8-10,12H2. The number of thiazole rings is 1. The first-order chi connectivity index (χ1) is 9.33. The van der Waals surface area contributed by atoms with Crippen LogP contribution in [0.3, 0.4) is 0 Å². The van der Waals surface area contributed by atoms with Crippen molar-refractivity contribution in [1.29, 1.82) is 0 Å². The summed E-state index contributed by atoms with van der Waals surface area (Å²) in [6, 6.07) is 10.2. The Morgan fingerprint density at radius 3 is 2.79 bits per heavy atom. The first-order valence-corrected chi connectivity index (χ1v) is 7.09. The lowest BCUT2D eigenvalue weighted by molar-refractivity contribution is 0.204. The summed E-state index contributed by atoms with van der Waals surface area (Å²) in [6.45, 7) is 6.14. The van der Waals surface area contributed by atoms with Gasteiger partial charge in [-0.2, -0.15) is 0 Å². The fourth-order valence-corrected chi connectivity index (χ4v) is 2.83. The summed E-state index contributed by atoms with van der Waals surface area (Å²) < 4.78 is 0. The summed E-state index contributed by atoms with van der Waals surface area (Å²) in [7, 11) is 0. The van der Waals surface area contributed by atoms with Gasteiger partial charge in [-0.15, -0.1) is 17.9 Å². The Morgan fingerprint density at radius 1 is 1.32 bits per heavy atom. The third-order valence-corrected chi connectivity index (χ3v) is 3.79. The Labute approximate surface area is 117 Å². The summed E-state index contributed by atoms with van der Waals surface area (Å²) in [6.07, 6.45) is 3.77. The average Bonchev–Trinajstić information content (AvgIpc) is 2.89. The summed E-state index contributed by atoms with van der Waals surface area (Å²) in [5, 5.41) is 10.1. The van der Waals surface area contributed by atoms with Gasteiger partial charge in [0.2, 0.25) is 0 Å². The third-order valence-electron chi connectivity index (χ3n) is 2.76. The first-order valence-electron chi connectivity index (χ1n) is 6.27. The van der Waals surface area contributed by atoms with Crippen molar-refractivity contribution in [2.75, 3.05) is 19.7 Å². The minimum Gasteiger partial charge on any atom is -0.395 e. The molecular weight excluding hydrogens is 256 g/mol. The van der Waals surface area contributed by atoms with Crippen LogP contribution in [0.15, 0.2) is 49.2 Å². The lowest BCUT2D eigenvalue weighted by Gasteiger charge is -2.17. The van der Waals surface area contributed by atoms with E-state index in [-0.39, 0.29) is 6.61 Å². The molecule has 2 rings (SSSR count). The molecule has 1 heterocycles. The van der Waals surface area contributed by atoms with E-state index in [4.69, 9.17) is 5.11 Å². The molecule has 0 radical (unpaired) electrons. The minimum absolute atomic E-state index is 0.165. The van der Waals surface area contributed by atoms with Crippen molar-refractivity contribution in [2.24, 2.45) is 0 Å². The van der Waals surface area contributed by atoms with Crippen LogP contribution in [0.25, 0.3) is 10.6 Å². The van der Waals surface area contributed by atoms with E-state index >= 15 is 0 Å². The molecule has 0 bridgehead atoms. The van der Waals surface area contributed by atoms with E-state index in [9.17, 15) is 0 Å². The predicted octanol–water partition coefficient (Wildman–Crippen LogP) is 2.79. The summed E-state index contributed by atoms with van der Waals surface area (Å²) in [5.41, 5.74) is 1.15. The highest BCUT2D eigenvalue weighted by molar-refractivity contribution is 7.15. The number of aliphatic hydroxyl groups is 1. The Kier molecular flexibility index (Phi) is 5.27. The zero-order valence-electron chi connectivity index (χ0n) is 10.8. The second-order valence-electron chi connectivity index (χ2n) is 4.25. The molecule has 1 aromatic carbocycles. The molecule has 1 aromatic heterocycles. The molecule has 2 aromatic rings. The lowest BCUT2D eigenvalue weighted by atomic mass is 10.2. The van der Waals surface area contributed by atoms with Crippen LogP contribution in [0.4, 0.5) is 0 Å². The van der Waals surface area contributed by atoms with Crippen molar-refractivity contribution < 1.29 is 5.11 Å². The predicted molar refractivity (Wildman–Crippen MR) is 80.1 cm³/mol. The number of aliphatic hydroxyl groups excluding tert-OH is 1. The van der Waals surface area contributed by atoms with E-state index in [0.29, 0.717) is 6.54 Å². The van der Waals surface area contributed by atoms with Crippen molar-refractivity contribution in [2.45, 2.75) is 6.54 Å². The van der Waals surface area contributed by atoms with Gasteiger partial charge in [0.15, 0.2) is 0 Å². The van der Waals surface area contributed by atoms with E-state index in [2.05, 4.69) is 28.6 Å². The number of rotatable bonds is 7. The highest BCUT2D eigenvalue weighted by Crippen LogP contribution is 2.25. The van der Waals surface area contributed by atoms with E-state index in [1.54, 1.807) is 11.3 Å². The van der Waals surface area contributed by atoms with Gasteiger partial charge in [0.05, 0.1) is 6.61 Å². The van der Waals surface area contributed by atoms with Crippen molar-refractivity contribution in [3.05, 3.63) is 54.1 Å². The molecule has 0 fully saturated rings. The Bertz CT molecular complexity index is 510. The minimum atomic E-state index is 0.165. The highest BCUT2D eigenvalue weighted by atomic mass is 32.1. The van der Waals surface area contributed by atoms with Crippen LogP contribution in [-0.4, -0.2) is 34.7 Å². The molecule has 0 saturated heterocycles. The number of hydrogen-bond donors (Lipinski definition) is 1. The van der Waals surface area contributed by atoms with Crippen LogP contribution >= 0.6 is 11.3 Å². The summed E-state index contributed by atoms with van der Waals surface area (Å²) in [5.74, 6) is 0. The van der Waals surface area contributed by atoms with Gasteiger partial charge in [0, 0.05) is 36.3 Å². The van der Waals surface area contributed by atoms with Gasteiger partial charge in [-0.1, -0.05) is 36.4 Å². The van der Waals surface area contributed by atoms with Gasteiger partial charge < -0.3 is 5.11 Å². The van der Waals surface area contributed by atoms with Crippen LogP contribution in [0.5, 0.6) is 0 Å². The summed E-state index contributed by atoms with van der Waals surface area (Å²) in [4.78, 5) is 7.81. The van der Waals surface area contributed by atoms with E-state index in [0.717, 1.165) is 23.7 Å². The highest BCUT2D eigenvalue weighted by Gasteiger charge is 2.08. The largest absolute Gasteiger partial charge is 0.395 e. The average molecular weight is 274 g/mol. The number of hydrogen-bond acceptors (Lipinski definition) is 4. The SMILES string of the molecule is C=CCN(CCO)Cc1cnc(-c2ccccc2)s1. The molecule has 0 aliphatic heterocycles. The number of benzene rings is 1. The maximum atomic E-state index is 9.04. The van der Waals surface area contributed by atoms with Gasteiger partial charge in [-0.25, -0.2) is 4.98 Å². The van der Waals surface area contributed by atoms with Crippen LogP contribution in [0.2, 0.25) is 0 Å².